The van der Waals surface area contributed by atoms with Crippen LogP contribution in [0, 0.1) is 5.82 Å². The van der Waals surface area contributed by atoms with E-state index >= 15 is 0 Å². The van der Waals surface area contributed by atoms with Gasteiger partial charge in [-0.2, -0.15) is 5.10 Å². The monoisotopic (exact) mass is 344 g/mol. The van der Waals surface area contributed by atoms with E-state index in [0.29, 0.717) is 16.9 Å². The number of nitrogens with one attached hydrogen (secondary N) is 1. The zero-order valence-corrected chi connectivity index (χ0v) is 14.2. The van der Waals surface area contributed by atoms with Crippen LogP contribution in [-0.4, -0.2) is 28.8 Å². The molecule has 0 bridgehead atoms. The second-order valence-electron chi connectivity index (χ2n) is 6.24. The van der Waals surface area contributed by atoms with Crippen LogP contribution in [-0.2, 0) is 18.3 Å². The standard InChI is InChI=1S/C18H21FN4O2/c1-22-18(25)17(23-8-3-2-4-9-23)15(12-20-22)21-16(24)11-13-6-5-7-14(19)10-13/h5-7,10,12H,2-4,8-9,11H2,1H3,(H,21,24). The molecule has 0 atom stereocenters. The highest BCUT2D eigenvalue weighted by atomic mass is 19.1. The zero-order chi connectivity index (χ0) is 17.8. The van der Waals surface area contributed by atoms with Gasteiger partial charge in [-0.3, -0.25) is 9.59 Å². The zero-order valence-electron chi connectivity index (χ0n) is 14.2. The Morgan fingerprint density at radius 1 is 1.28 bits per heavy atom. The minimum atomic E-state index is -0.380. The maximum absolute atomic E-state index is 13.3. The number of carbonyl (C=O) groups excluding carboxylic acids is 1. The highest BCUT2D eigenvalue weighted by molar-refractivity contribution is 5.95. The Bertz CT molecular complexity index is 828. The van der Waals surface area contributed by atoms with Gasteiger partial charge in [0.15, 0.2) is 0 Å². The number of anilines is 2. The average molecular weight is 344 g/mol. The quantitative estimate of drug-likeness (QED) is 0.922. The average Bonchev–Trinajstić information content (AvgIpc) is 2.59. The van der Waals surface area contributed by atoms with E-state index < -0.39 is 0 Å². The van der Waals surface area contributed by atoms with Crippen LogP contribution in [0.1, 0.15) is 24.8 Å². The van der Waals surface area contributed by atoms with Gasteiger partial charge in [-0.1, -0.05) is 12.1 Å². The number of aryl methyl sites for hydroxylation is 1. The minimum Gasteiger partial charge on any atom is -0.365 e. The summed E-state index contributed by atoms with van der Waals surface area (Å²) in [6.07, 6.45) is 4.70. The molecule has 1 amide bonds. The Morgan fingerprint density at radius 3 is 2.76 bits per heavy atom. The predicted molar refractivity (Wildman–Crippen MR) is 94.3 cm³/mol. The maximum Gasteiger partial charge on any atom is 0.292 e. The number of piperidine rings is 1. The van der Waals surface area contributed by atoms with Crippen molar-refractivity contribution in [3.63, 3.8) is 0 Å². The van der Waals surface area contributed by atoms with Gasteiger partial charge in [0.25, 0.3) is 5.56 Å². The van der Waals surface area contributed by atoms with Crippen molar-refractivity contribution in [2.75, 3.05) is 23.3 Å². The Hall–Kier alpha value is -2.70. The van der Waals surface area contributed by atoms with E-state index in [0.717, 1.165) is 32.4 Å². The van der Waals surface area contributed by atoms with Crippen LogP contribution in [0.2, 0.25) is 0 Å². The predicted octanol–water partition coefficient (Wildman–Crippen LogP) is 2.09. The highest BCUT2D eigenvalue weighted by Crippen LogP contribution is 2.24. The van der Waals surface area contributed by atoms with Gasteiger partial charge in [-0.05, 0) is 37.0 Å². The number of amides is 1. The number of benzene rings is 1. The number of carbonyl (C=O) groups is 1. The molecule has 2 heterocycles. The fraction of sp³-hybridized carbons (Fsp3) is 0.389. The lowest BCUT2D eigenvalue weighted by molar-refractivity contribution is -0.115. The van der Waals surface area contributed by atoms with Crippen molar-refractivity contribution in [2.24, 2.45) is 7.05 Å². The van der Waals surface area contributed by atoms with Gasteiger partial charge in [0.2, 0.25) is 5.91 Å². The van der Waals surface area contributed by atoms with E-state index in [1.54, 1.807) is 19.2 Å². The largest absolute Gasteiger partial charge is 0.365 e. The molecule has 6 nitrogen and oxygen atoms in total. The molecule has 1 aliphatic rings. The van der Waals surface area contributed by atoms with Crippen molar-refractivity contribution in [2.45, 2.75) is 25.7 Å². The summed E-state index contributed by atoms with van der Waals surface area (Å²) in [6, 6.07) is 5.92. The first kappa shape index (κ1) is 17.1. The fourth-order valence-electron chi connectivity index (χ4n) is 3.07. The van der Waals surface area contributed by atoms with Crippen LogP contribution >= 0.6 is 0 Å². The number of hydrogen-bond donors (Lipinski definition) is 1. The van der Waals surface area contributed by atoms with E-state index in [4.69, 9.17) is 0 Å². The lowest BCUT2D eigenvalue weighted by Crippen LogP contribution is -2.37. The minimum absolute atomic E-state index is 0.0341. The Kier molecular flexibility index (Phi) is 5.11. The van der Waals surface area contributed by atoms with Crippen molar-refractivity contribution in [1.82, 2.24) is 9.78 Å². The van der Waals surface area contributed by atoms with Gasteiger partial charge in [0, 0.05) is 20.1 Å². The maximum atomic E-state index is 13.3. The van der Waals surface area contributed by atoms with Crippen molar-refractivity contribution in [3.8, 4) is 0 Å². The van der Waals surface area contributed by atoms with E-state index in [-0.39, 0.29) is 23.7 Å². The third kappa shape index (κ3) is 4.04. The molecular weight excluding hydrogens is 323 g/mol. The first-order valence-corrected chi connectivity index (χ1v) is 8.40. The lowest BCUT2D eigenvalue weighted by Gasteiger charge is -2.29. The highest BCUT2D eigenvalue weighted by Gasteiger charge is 2.20. The normalized spacial score (nSPS) is 14.4. The van der Waals surface area contributed by atoms with Gasteiger partial charge in [0.05, 0.1) is 18.3 Å². The summed E-state index contributed by atoms with van der Waals surface area (Å²) in [5.41, 5.74) is 1.23. The molecule has 0 radical (unpaired) electrons. The number of aromatic nitrogens is 2. The van der Waals surface area contributed by atoms with Gasteiger partial charge in [-0.15, -0.1) is 0 Å². The molecule has 0 saturated carbocycles. The SMILES string of the molecule is Cn1ncc(NC(=O)Cc2cccc(F)c2)c(N2CCCCC2)c1=O. The molecule has 1 fully saturated rings. The van der Waals surface area contributed by atoms with E-state index in [1.807, 2.05) is 4.90 Å². The van der Waals surface area contributed by atoms with Gasteiger partial charge in [0.1, 0.15) is 11.5 Å². The molecular formula is C18H21FN4O2. The Morgan fingerprint density at radius 2 is 2.04 bits per heavy atom. The summed E-state index contributed by atoms with van der Waals surface area (Å²) in [5, 5.41) is 6.78. The van der Waals surface area contributed by atoms with Crippen LogP contribution in [0.5, 0.6) is 0 Å². The molecule has 1 aromatic heterocycles. The van der Waals surface area contributed by atoms with Gasteiger partial charge < -0.3 is 10.2 Å². The fourth-order valence-corrected chi connectivity index (χ4v) is 3.07. The van der Waals surface area contributed by atoms with E-state index in [9.17, 15) is 14.0 Å². The molecule has 0 spiro atoms. The van der Waals surface area contributed by atoms with E-state index in [2.05, 4.69) is 10.4 Å². The first-order valence-electron chi connectivity index (χ1n) is 8.40. The molecule has 7 heteroatoms. The molecule has 1 N–H and O–H groups in total. The van der Waals surface area contributed by atoms with Gasteiger partial charge >= 0.3 is 0 Å². The van der Waals surface area contributed by atoms with E-state index in [1.165, 1.54) is 23.0 Å². The van der Waals surface area contributed by atoms with Crippen molar-refractivity contribution in [3.05, 3.63) is 52.2 Å². The summed E-state index contributed by atoms with van der Waals surface area (Å²) in [6.45, 7) is 1.57. The third-order valence-corrected chi connectivity index (χ3v) is 4.31. The Labute approximate surface area is 145 Å². The summed E-state index contributed by atoms with van der Waals surface area (Å²) < 4.78 is 14.5. The molecule has 3 rings (SSSR count). The summed E-state index contributed by atoms with van der Waals surface area (Å²) in [7, 11) is 1.59. The number of rotatable bonds is 4. The first-order chi connectivity index (χ1) is 12.0. The number of nitrogens with zero attached hydrogens (tertiary/aromatic N) is 3. The smallest absolute Gasteiger partial charge is 0.292 e. The van der Waals surface area contributed by atoms with Crippen molar-refractivity contribution < 1.29 is 9.18 Å². The molecule has 1 aromatic carbocycles. The summed E-state index contributed by atoms with van der Waals surface area (Å²) in [5.74, 6) is -0.687. The summed E-state index contributed by atoms with van der Waals surface area (Å²) >= 11 is 0. The molecule has 132 valence electrons. The molecule has 2 aromatic rings. The van der Waals surface area contributed by atoms with Crippen LogP contribution < -0.4 is 15.8 Å². The molecule has 25 heavy (non-hydrogen) atoms. The third-order valence-electron chi connectivity index (χ3n) is 4.31. The number of halogens is 1. The molecule has 0 unspecified atom stereocenters. The number of hydrogen-bond acceptors (Lipinski definition) is 4. The second kappa shape index (κ2) is 7.46. The lowest BCUT2D eigenvalue weighted by atomic mass is 10.1. The van der Waals surface area contributed by atoms with Gasteiger partial charge in [-0.25, -0.2) is 9.07 Å². The summed E-state index contributed by atoms with van der Waals surface area (Å²) in [4.78, 5) is 26.9. The van der Waals surface area contributed by atoms with Crippen LogP contribution in [0.3, 0.4) is 0 Å². The van der Waals surface area contributed by atoms with Crippen LogP contribution in [0.25, 0.3) is 0 Å². The topological polar surface area (TPSA) is 67.2 Å². The van der Waals surface area contributed by atoms with Crippen molar-refractivity contribution in [1.29, 1.82) is 0 Å². The van der Waals surface area contributed by atoms with Crippen LogP contribution in [0.15, 0.2) is 35.3 Å². The van der Waals surface area contributed by atoms with Crippen molar-refractivity contribution >= 4 is 17.3 Å². The Balaban J connectivity index is 1.83. The molecule has 1 saturated heterocycles. The molecule has 1 aliphatic heterocycles. The molecule has 0 aliphatic carbocycles. The van der Waals surface area contributed by atoms with Crippen LogP contribution in [0.4, 0.5) is 15.8 Å². The second-order valence-corrected chi connectivity index (χ2v) is 6.24.